The predicted molar refractivity (Wildman–Crippen MR) is 104 cm³/mol. The fourth-order valence-electron chi connectivity index (χ4n) is 3.42. The van der Waals surface area contributed by atoms with Crippen LogP contribution in [0.4, 0.5) is 13.2 Å². The van der Waals surface area contributed by atoms with Gasteiger partial charge in [0.1, 0.15) is 0 Å². The summed E-state index contributed by atoms with van der Waals surface area (Å²) in [6.07, 6.45) is -1.83. The molecule has 9 heteroatoms. The molecule has 0 N–H and O–H groups in total. The molecule has 0 aliphatic heterocycles. The Bertz CT molecular complexity index is 1440. The summed E-state index contributed by atoms with van der Waals surface area (Å²) in [5.41, 5.74) is -2.43. The average molecular weight is 410 g/mol. The highest BCUT2D eigenvalue weighted by Crippen LogP contribution is 2.30. The number of alkyl halides is 3. The van der Waals surface area contributed by atoms with E-state index in [0.717, 1.165) is 27.3 Å². The molecule has 0 fully saturated rings. The number of nitriles is 1. The van der Waals surface area contributed by atoms with Gasteiger partial charge in [-0.3, -0.25) is 14.3 Å². The molecule has 6 nitrogen and oxygen atoms in total. The molecule has 4 rings (SSSR count). The van der Waals surface area contributed by atoms with E-state index in [-0.39, 0.29) is 29.6 Å². The van der Waals surface area contributed by atoms with Crippen LogP contribution in [0, 0.1) is 11.3 Å². The van der Waals surface area contributed by atoms with Crippen LogP contribution < -0.4 is 11.2 Å². The number of fused-ring (bicyclic) bond motifs is 2. The molecule has 0 aliphatic carbocycles. The van der Waals surface area contributed by atoms with Gasteiger partial charge in [0.25, 0.3) is 5.56 Å². The number of rotatable bonds is 3. The molecule has 0 unspecified atom stereocenters. The SMILES string of the molecule is N#CCCn1c(=O)n(-c2cncc3ccccc23)c(=O)c2cc(C(F)(F)F)ccc21. The van der Waals surface area contributed by atoms with Gasteiger partial charge < -0.3 is 0 Å². The number of aryl methyl sites for hydroxylation is 1. The first-order chi connectivity index (χ1) is 14.3. The van der Waals surface area contributed by atoms with Gasteiger partial charge in [-0.15, -0.1) is 0 Å². The number of pyridine rings is 1. The molecular formula is C21H13F3N4O2. The summed E-state index contributed by atoms with van der Waals surface area (Å²) in [6, 6.07) is 11.5. The van der Waals surface area contributed by atoms with E-state index in [0.29, 0.717) is 10.8 Å². The van der Waals surface area contributed by atoms with Crippen LogP contribution in [0.2, 0.25) is 0 Å². The highest BCUT2D eigenvalue weighted by atomic mass is 19.4. The molecule has 0 spiro atoms. The lowest BCUT2D eigenvalue weighted by atomic mass is 10.1. The van der Waals surface area contributed by atoms with Crippen LogP contribution in [-0.4, -0.2) is 14.1 Å². The zero-order valence-electron chi connectivity index (χ0n) is 15.3. The molecule has 0 amide bonds. The van der Waals surface area contributed by atoms with Crippen LogP contribution in [-0.2, 0) is 12.7 Å². The maximum atomic E-state index is 13.2. The second kappa shape index (κ2) is 7.15. The van der Waals surface area contributed by atoms with Crippen molar-refractivity contribution in [2.45, 2.75) is 19.1 Å². The van der Waals surface area contributed by atoms with Gasteiger partial charge in [-0.1, -0.05) is 24.3 Å². The molecule has 0 aliphatic rings. The quantitative estimate of drug-likeness (QED) is 0.517. The Morgan fingerprint density at radius 2 is 1.80 bits per heavy atom. The first kappa shape index (κ1) is 19.4. The highest BCUT2D eigenvalue weighted by Gasteiger charge is 2.31. The normalized spacial score (nSPS) is 11.7. The molecule has 0 saturated carbocycles. The summed E-state index contributed by atoms with van der Waals surface area (Å²) in [6.45, 7) is -0.0737. The van der Waals surface area contributed by atoms with Gasteiger partial charge in [-0.25, -0.2) is 9.36 Å². The van der Waals surface area contributed by atoms with Crippen molar-refractivity contribution < 1.29 is 13.2 Å². The number of benzene rings is 2. The first-order valence-corrected chi connectivity index (χ1v) is 8.90. The second-order valence-corrected chi connectivity index (χ2v) is 6.59. The monoisotopic (exact) mass is 410 g/mol. The van der Waals surface area contributed by atoms with Crippen LogP contribution >= 0.6 is 0 Å². The van der Waals surface area contributed by atoms with Crippen LogP contribution in [0.1, 0.15) is 12.0 Å². The lowest BCUT2D eigenvalue weighted by molar-refractivity contribution is -0.137. The molecule has 2 heterocycles. The van der Waals surface area contributed by atoms with E-state index in [1.165, 1.54) is 6.20 Å². The maximum absolute atomic E-state index is 13.2. The molecule has 30 heavy (non-hydrogen) atoms. The lowest BCUT2D eigenvalue weighted by Gasteiger charge is -2.15. The fraction of sp³-hybridized carbons (Fsp3) is 0.143. The topological polar surface area (TPSA) is 80.7 Å². The number of nitrogens with zero attached hydrogens (tertiary/aromatic N) is 4. The van der Waals surface area contributed by atoms with E-state index in [1.54, 1.807) is 30.5 Å². The van der Waals surface area contributed by atoms with Crippen molar-refractivity contribution in [3.8, 4) is 11.8 Å². The van der Waals surface area contributed by atoms with Crippen LogP contribution in [0.5, 0.6) is 0 Å². The summed E-state index contributed by atoms with van der Waals surface area (Å²) < 4.78 is 41.6. The van der Waals surface area contributed by atoms with E-state index in [2.05, 4.69) is 4.98 Å². The summed E-state index contributed by atoms with van der Waals surface area (Å²) in [5.74, 6) is 0. The molecule has 0 radical (unpaired) electrons. The smallest absolute Gasteiger partial charge is 0.292 e. The Labute approximate surface area is 167 Å². The third kappa shape index (κ3) is 3.12. The number of aromatic nitrogens is 3. The Kier molecular flexibility index (Phi) is 4.62. The minimum Gasteiger partial charge on any atom is -0.292 e. The van der Waals surface area contributed by atoms with Crippen molar-refractivity contribution >= 4 is 21.7 Å². The van der Waals surface area contributed by atoms with Crippen LogP contribution in [0.3, 0.4) is 0 Å². The van der Waals surface area contributed by atoms with Gasteiger partial charge in [0, 0.05) is 23.5 Å². The largest absolute Gasteiger partial charge is 0.416 e. The standard InChI is InChI=1S/C21H13F3N4O2/c22-21(23,24)14-6-7-17-16(10-14)19(29)28(20(30)27(17)9-3-8-25)18-12-26-11-13-4-1-2-5-15(13)18/h1-2,4-7,10-12H,3,9H2. The third-order valence-electron chi connectivity index (χ3n) is 4.81. The number of hydrogen-bond donors (Lipinski definition) is 0. The van der Waals surface area contributed by atoms with Gasteiger partial charge in [-0.05, 0) is 18.2 Å². The third-order valence-corrected chi connectivity index (χ3v) is 4.81. The van der Waals surface area contributed by atoms with Crippen molar-refractivity contribution in [1.29, 1.82) is 5.26 Å². The van der Waals surface area contributed by atoms with E-state index in [9.17, 15) is 22.8 Å². The lowest BCUT2D eigenvalue weighted by Crippen LogP contribution is -2.39. The summed E-state index contributed by atoms with van der Waals surface area (Å²) in [4.78, 5) is 30.5. The molecule has 0 atom stereocenters. The molecule has 2 aromatic heterocycles. The summed E-state index contributed by atoms with van der Waals surface area (Å²) in [5, 5.41) is 9.87. The Hall–Kier alpha value is -3.93. The zero-order valence-corrected chi connectivity index (χ0v) is 15.3. The summed E-state index contributed by atoms with van der Waals surface area (Å²) >= 11 is 0. The van der Waals surface area contributed by atoms with Gasteiger partial charge in [0.05, 0.1) is 40.8 Å². The highest BCUT2D eigenvalue weighted by molar-refractivity contribution is 5.89. The average Bonchev–Trinajstić information content (AvgIpc) is 2.73. The minimum absolute atomic E-state index is 0.0395. The Balaban J connectivity index is 2.15. The number of hydrogen-bond acceptors (Lipinski definition) is 4. The predicted octanol–water partition coefficient (Wildman–Crippen LogP) is 3.63. The van der Waals surface area contributed by atoms with Gasteiger partial charge in [0.2, 0.25) is 0 Å². The Morgan fingerprint density at radius 3 is 2.53 bits per heavy atom. The van der Waals surface area contributed by atoms with E-state index >= 15 is 0 Å². The summed E-state index contributed by atoms with van der Waals surface area (Å²) in [7, 11) is 0. The molecule has 0 saturated heterocycles. The van der Waals surface area contributed by atoms with Gasteiger partial charge >= 0.3 is 11.9 Å². The fourth-order valence-corrected chi connectivity index (χ4v) is 3.42. The van der Waals surface area contributed by atoms with Gasteiger partial charge in [0.15, 0.2) is 0 Å². The second-order valence-electron chi connectivity index (χ2n) is 6.59. The van der Waals surface area contributed by atoms with Crippen molar-refractivity contribution in [3.63, 3.8) is 0 Å². The zero-order chi connectivity index (χ0) is 21.5. The number of halogens is 3. The van der Waals surface area contributed by atoms with Crippen molar-refractivity contribution in [2.24, 2.45) is 0 Å². The minimum atomic E-state index is -4.65. The Morgan fingerprint density at radius 1 is 1.03 bits per heavy atom. The maximum Gasteiger partial charge on any atom is 0.416 e. The molecule has 4 aromatic rings. The molecule has 150 valence electrons. The van der Waals surface area contributed by atoms with Crippen LogP contribution in [0.15, 0.2) is 64.4 Å². The van der Waals surface area contributed by atoms with Gasteiger partial charge in [-0.2, -0.15) is 18.4 Å². The van der Waals surface area contributed by atoms with E-state index in [1.807, 2.05) is 6.07 Å². The van der Waals surface area contributed by atoms with Crippen LogP contribution in [0.25, 0.3) is 27.4 Å². The van der Waals surface area contributed by atoms with E-state index < -0.39 is 23.0 Å². The molecular weight excluding hydrogens is 397 g/mol. The van der Waals surface area contributed by atoms with Crippen molar-refractivity contribution in [1.82, 2.24) is 14.1 Å². The van der Waals surface area contributed by atoms with E-state index in [4.69, 9.17) is 5.26 Å². The molecule has 0 bridgehead atoms. The molecule has 2 aromatic carbocycles. The first-order valence-electron chi connectivity index (χ1n) is 8.90. The van der Waals surface area contributed by atoms with Crippen molar-refractivity contribution in [2.75, 3.05) is 0 Å². The van der Waals surface area contributed by atoms with Crippen molar-refractivity contribution in [3.05, 3.63) is 81.3 Å².